The molecule has 1 fully saturated rings. The molecule has 0 saturated heterocycles. The van der Waals surface area contributed by atoms with Gasteiger partial charge in [-0.15, -0.1) is 0 Å². The summed E-state index contributed by atoms with van der Waals surface area (Å²) in [6, 6.07) is 0.187. The van der Waals surface area contributed by atoms with Crippen LogP contribution in [-0.4, -0.2) is 27.8 Å². The molecule has 1 atom stereocenters. The van der Waals surface area contributed by atoms with Gasteiger partial charge in [0.25, 0.3) is 0 Å². The molecule has 0 aliphatic heterocycles. The molecule has 100 valence electrons. The number of hydrogen-bond acceptors (Lipinski definition) is 3. The third-order valence-electron chi connectivity index (χ3n) is 3.28. The van der Waals surface area contributed by atoms with E-state index < -0.39 is 0 Å². The summed E-state index contributed by atoms with van der Waals surface area (Å²) in [6.07, 6.45) is 2.91. The molecular weight excluding hydrogens is 252 g/mol. The van der Waals surface area contributed by atoms with Crippen LogP contribution in [0.5, 0.6) is 0 Å². The topological polar surface area (TPSA) is 72.9 Å². The zero-order chi connectivity index (χ0) is 13.3. The normalized spacial score (nSPS) is 16.8. The van der Waals surface area contributed by atoms with Crippen LogP contribution in [0, 0.1) is 13.8 Å². The van der Waals surface area contributed by atoms with E-state index in [1.54, 1.807) is 0 Å². The van der Waals surface area contributed by atoms with Crippen molar-refractivity contribution in [2.45, 2.75) is 51.7 Å². The van der Waals surface area contributed by atoms with Gasteiger partial charge in [0.05, 0.1) is 22.5 Å². The summed E-state index contributed by atoms with van der Waals surface area (Å²) in [5.41, 5.74) is 7.15. The average Bonchev–Trinajstić information content (AvgIpc) is 3.09. The highest BCUT2D eigenvalue weighted by atomic mass is 35.5. The van der Waals surface area contributed by atoms with Crippen molar-refractivity contribution in [1.29, 1.82) is 0 Å². The van der Waals surface area contributed by atoms with Crippen molar-refractivity contribution in [3.8, 4) is 0 Å². The number of nitrogens with zero attached hydrogens (tertiary/aromatic N) is 2. The van der Waals surface area contributed by atoms with Gasteiger partial charge in [-0.1, -0.05) is 11.6 Å². The number of aryl methyl sites for hydroxylation is 2. The second-order valence-electron chi connectivity index (χ2n) is 4.89. The number of carbonyl (C=O) groups is 1. The fraction of sp³-hybridized carbons (Fsp3) is 0.667. The van der Waals surface area contributed by atoms with Crippen LogP contribution in [0.25, 0.3) is 0 Å². The summed E-state index contributed by atoms with van der Waals surface area (Å²) in [6.45, 7) is 4.45. The van der Waals surface area contributed by atoms with E-state index >= 15 is 0 Å². The molecule has 1 heterocycles. The Balaban J connectivity index is 1.95. The molecule has 1 amide bonds. The van der Waals surface area contributed by atoms with Crippen LogP contribution in [0.15, 0.2) is 0 Å². The van der Waals surface area contributed by atoms with Crippen molar-refractivity contribution in [3.63, 3.8) is 0 Å². The van der Waals surface area contributed by atoms with Crippen LogP contribution in [0.2, 0.25) is 5.02 Å². The van der Waals surface area contributed by atoms with Crippen LogP contribution in [0.1, 0.15) is 30.7 Å². The lowest BCUT2D eigenvalue weighted by molar-refractivity contribution is -0.120. The largest absolute Gasteiger partial charge is 0.368 e. The summed E-state index contributed by atoms with van der Waals surface area (Å²) in [7, 11) is 0. The predicted molar refractivity (Wildman–Crippen MR) is 70.5 cm³/mol. The van der Waals surface area contributed by atoms with Gasteiger partial charge < -0.3 is 11.1 Å². The smallest absolute Gasteiger partial charge is 0.234 e. The van der Waals surface area contributed by atoms with Gasteiger partial charge in [-0.05, 0) is 33.1 Å². The van der Waals surface area contributed by atoms with Crippen molar-refractivity contribution in [3.05, 3.63) is 16.4 Å². The maximum Gasteiger partial charge on any atom is 0.234 e. The van der Waals surface area contributed by atoms with Crippen molar-refractivity contribution < 1.29 is 4.79 Å². The number of halogens is 1. The minimum atomic E-state index is -0.297. The molecule has 1 saturated carbocycles. The quantitative estimate of drug-likeness (QED) is 0.814. The van der Waals surface area contributed by atoms with Crippen molar-refractivity contribution in [2.75, 3.05) is 0 Å². The maximum atomic E-state index is 11.3. The van der Waals surface area contributed by atoms with E-state index in [1.807, 2.05) is 18.5 Å². The van der Waals surface area contributed by atoms with E-state index in [0.29, 0.717) is 24.0 Å². The lowest BCUT2D eigenvalue weighted by Gasteiger charge is -2.15. The van der Waals surface area contributed by atoms with Gasteiger partial charge in [-0.3, -0.25) is 9.48 Å². The zero-order valence-electron chi connectivity index (χ0n) is 10.7. The number of nitrogens with one attached hydrogen (secondary N) is 1. The molecule has 0 aromatic carbocycles. The molecule has 18 heavy (non-hydrogen) atoms. The van der Waals surface area contributed by atoms with Crippen LogP contribution in [0.4, 0.5) is 0 Å². The Kier molecular flexibility index (Phi) is 3.92. The van der Waals surface area contributed by atoms with Crippen molar-refractivity contribution >= 4 is 17.5 Å². The van der Waals surface area contributed by atoms with E-state index in [9.17, 15) is 4.79 Å². The second-order valence-corrected chi connectivity index (χ2v) is 5.27. The first-order chi connectivity index (χ1) is 8.49. The number of aromatic nitrogens is 2. The number of amides is 1. The summed E-state index contributed by atoms with van der Waals surface area (Å²) in [5, 5.41) is 8.29. The highest BCUT2D eigenvalue weighted by Gasteiger charge is 2.27. The minimum absolute atomic E-state index is 0.278. The molecule has 1 aromatic heterocycles. The standard InChI is InChI=1S/C12H19ClN4O/c1-7-11(13)8(2)17(16-7)6-5-10(12(14)18)15-9-3-4-9/h9-10,15H,3-6H2,1-2H3,(H2,14,18). The highest BCUT2D eigenvalue weighted by molar-refractivity contribution is 6.31. The second kappa shape index (κ2) is 5.28. The Morgan fingerprint density at radius 2 is 2.28 bits per heavy atom. The van der Waals surface area contributed by atoms with Gasteiger partial charge in [0.15, 0.2) is 0 Å². The Hall–Kier alpha value is -1.07. The van der Waals surface area contributed by atoms with E-state index in [-0.39, 0.29) is 11.9 Å². The van der Waals surface area contributed by atoms with Crippen LogP contribution in [0.3, 0.4) is 0 Å². The number of nitrogens with two attached hydrogens (primary N) is 1. The molecule has 1 aliphatic rings. The Labute approximate surface area is 112 Å². The molecule has 3 N–H and O–H groups in total. The van der Waals surface area contributed by atoms with E-state index in [0.717, 1.165) is 24.2 Å². The molecule has 5 nitrogen and oxygen atoms in total. The first kappa shape index (κ1) is 13.4. The Morgan fingerprint density at radius 3 is 2.72 bits per heavy atom. The van der Waals surface area contributed by atoms with Crippen molar-refractivity contribution in [1.82, 2.24) is 15.1 Å². The fourth-order valence-electron chi connectivity index (χ4n) is 1.99. The predicted octanol–water partition coefficient (Wildman–Crippen LogP) is 1.15. The molecule has 0 spiro atoms. The van der Waals surface area contributed by atoms with Crippen LogP contribution < -0.4 is 11.1 Å². The SMILES string of the molecule is Cc1nn(CCC(NC2CC2)C(N)=O)c(C)c1Cl. The molecule has 2 rings (SSSR count). The average molecular weight is 271 g/mol. The monoisotopic (exact) mass is 270 g/mol. The lowest BCUT2D eigenvalue weighted by atomic mass is 10.2. The van der Waals surface area contributed by atoms with E-state index in [2.05, 4.69) is 10.4 Å². The molecule has 0 bridgehead atoms. The summed E-state index contributed by atoms with van der Waals surface area (Å²) in [4.78, 5) is 11.3. The Morgan fingerprint density at radius 1 is 1.61 bits per heavy atom. The minimum Gasteiger partial charge on any atom is -0.368 e. The molecule has 1 aromatic rings. The van der Waals surface area contributed by atoms with Gasteiger partial charge in [0, 0.05) is 12.6 Å². The van der Waals surface area contributed by atoms with Gasteiger partial charge in [0.1, 0.15) is 0 Å². The number of hydrogen-bond donors (Lipinski definition) is 2. The third-order valence-corrected chi connectivity index (χ3v) is 3.83. The van der Waals surface area contributed by atoms with Gasteiger partial charge in [-0.2, -0.15) is 5.10 Å². The summed E-state index contributed by atoms with van der Waals surface area (Å²) in [5.74, 6) is -0.297. The van der Waals surface area contributed by atoms with E-state index in [4.69, 9.17) is 17.3 Å². The summed E-state index contributed by atoms with van der Waals surface area (Å²) < 4.78 is 1.84. The maximum absolute atomic E-state index is 11.3. The fourth-order valence-corrected chi connectivity index (χ4v) is 2.12. The first-order valence-electron chi connectivity index (χ1n) is 6.24. The van der Waals surface area contributed by atoms with Gasteiger partial charge in [-0.25, -0.2) is 0 Å². The third kappa shape index (κ3) is 3.03. The first-order valence-corrected chi connectivity index (χ1v) is 6.61. The number of primary amides is 1. The lowest BCUT2D eigenvalue weighted by Crippen LogP contribution is -2.43. The molecule has 1 aliphatic carbocycles. The zero-order valence-corrected chi connectivity index (χ0v) is 11.5. The molecule has 6 heteroatoms. The summed E-state index contributed by atoms with van der Waals surface area (Å²) >= 11 is 6.08. The molecular formula is C12H19ClN4O. The van der Waals surface area contributed by atoms with Crippen molar-refractivity contribution in [2.24, 2.45) is 5.73 Å². The molecule has 1 unspecified atom stereocenters. The highest BCUT2D eigenvalue weighted by Crippen LogP contribution is 2.21. The molecule has 0 radical (unpaired) electrons. The number of carbonyl (C=O) groups excluding carboxylic acids is 1. The van der Waals surface area contributed by atoms with Gasteiger partial charge >= 0.3 is 0 Å². The van der Waals surface area contributed by atoms with Crippen LogP contribution >= 0.6 is 11.6 Å². The van der Waals surface area contributed by atoms with Crippen LogP contribution in [-0.2, 0) is 11.3 Å². The Bertz CT molecular complexity index is 453. The van der Waals surface area contributed by atoms with E-state index in [1.165, 1.54) is 0 Å². The number of rotatable bonds is 6. The van der Waals surface area contributed by atoms with Gasteiger partial charge in [0.2, 0.25) is 5.91 Å².